The molecule has 1 spiro atoms. The SMILES string of the molecule is Cc1cccc2c1-c1ccccc1C21C2=C(CC=C2)c2ccccc21. The molecule has 3 aliphatic rings. The van der Waals surface area contributed by atoms with Gasteiger partial charge in [-0.05, 0) is 63.4 Å². The summed E-state index contributed by atoms with van der Waals surface area (Å²) in [7, 11) is 0. The van der Waals surface area contributed by atoms with E-state index in [1.165, 1.54) is 50.1 Å². The number of hydrogen-bond acceptors (Lipinski definition) is 0. The lowest BCUT2D eigenvalue weighted by atomic mass is 9.70. The second kappa shape index (κ2) is 4.40. The summed E-state index contributed by atoms with van der Waals surface area (Å²) in [4.78, 5) is 0. The van der Waals surface area contributed by atoms with E-state index in [9.17, 15) is 0 Å². The monoisotopic (exact) mass is 318 g/mol. The van der Waals surface area contributed by atoms with Crippen molar-refractivity contribution in [2.75, 3.05) is 0 Å². The van der Waals surface area contributed by atoms with Crippen LogP contribution in [0.4, 0.5) is 0 Å². The quantitative estimate of drug-likeness (QED) is 0.474. The zero-order valence-electron chi connectivity index (χ0n) is 14.2. The van der Waals surface area contributed by atoms with Gasteiger partial charge in [-0.2, -0.15) is 0 Å². The normalized spacial score (nSPS) is 21.5. The smallest absolute Gasteiger partial charge is 0.0722 e. The number of fused-ring (bicyclic) bond motifs is 9. The molecule has 0 saturated carbocycles. The van der Waals surface area contributed by atoms with Gasteiger partial charge in [0.15, 0.2) is 0 Å². The van der Waals surface area contributed by atoms with Crippen LogP contribution < -0.4 is 0 Å². The van der Waals surface area contributed by atoms with Crippen molar-refractivity contribution in [3.63, 3.8) is 0 Å². The van der Waals surface area contributed by atoms with Crippen LogP contribution in [0.5, 0.6) is 0 Å². The molecule has 0 fully saturated rings. The van der Waals surface area contributed by atoms with E-state index in [1.54, 1.807) is 0 Å². The molecule has 0 saturated heterocycles. The minimum absolute atomic E-state index is 0.128. The first-order valence-electron chi connectivity index (χ1n) is 9.03. The Morgan fingerprint density at radius 2 is 1.40 bits per heavy atom. The maximum Gasteiger partial charge on any atom is 0.0722 e. The molecule has 1 unspecified atom stereocenters. The third-order valence-electron chi connectivity index (χ3n) is 6.27. The molecule has 3 aromatic carbocycles. The predicted octanol–water partition coefficient (Wildman–Crippen LogP) is 6.04. The van der Waals surface area contributed by atoms with E-state index < -0.39 is 0 Å². The van der Waals surface area contributed by atoms with Gasteiger partial charge in [0.2, 0.25) is 0 Å². The molecule has 0 heteroatoms. The molecule has 0 radical (unpaired) electrons. The standard InChI is InChI=1S/C25H18/c1-16-8-6-15-23-24(16)19-10-3-5-13-22(19)25(23)20-12-4-2-9-17(20)18-11-7-14-21(18)25/h2-10,12-15H,11H2,1H3. The minimum Gasteiger partial charge on any atom is -0.0798 e. The first-order chi connectivity index (χ1) is 12.3. The molecule has 3 aliphatic carbocycles. The lowest BCUT2D eigenvalue weighted by Crippen LogP contribution is -2.26. The van der Waals surface area contributed by atoms with Crippen LogP contribution in [0.25, 0.3) is 16.7 Å². The first-order valence-corrected chi connectivity index (χ1v) is 9.03. The highest BCUT2D eigenvalue weighted by atomic mass is 14.5. The fourth-order valence-electron chi connectivity index (χ4n) is 5.42. The molecule has 0 N–H and O–H groups in total. The summed E-state index contributed by atoms with van der Waals surface area (Å²) in [6.45, 7) is 2.25. The number of hydrogen-bond donors (Lipinski definition) is 0. The van der Waals surface area contributed by atoms with Crippen molar-refractivity contribution in [2.24, 2.45) is 0 Å². The summed E-state index contributed by atoms with van der Waals surface area (Å²) >= 11 is 0. The maximum absolute atomic E-state index is 2.38. The van der Waals surface area contributed by atoms with Crippen LogP contribution in [0.1, 0.15) is 34.2 Å². The Labute approximate surface area is 148 Å². The molecule has 0 amide bonds. The summed E-state index contributed by atoms with van der Waals surface area (Å²) < 4.78 is 0. The largest absolute Gasteiger partial charge is 0.0798 e. The van der Waals surface area contributed by atoms with E-state index in [2.05, 4.69) is 85.8 Å². The molecular weight excluding hydrogens is 300 g/mol. The summed E-state index contributed by atoms with van der Waals surface area (Å²) in [5.41, 5.74) is 12.9. The van der Waals surface area contributed by atoms with Crippen LogP contribution in [0.3, 0.4) is 0 Å². The van der Waals surface area contributed by atoms with Gasteiger partial charge in [-0.1, -0.05) is 78.9 Å². The lowest BCUT2D eigenvalue weighted by Gasteiger charge is -2.31. The van der Waals surface area contributed by atoms with Crippen molar-refractivity contribution in [1.82, 2.24) is 0 Å². The fraction of sp³-hybridized carbons (Fsp3) is 0.120. The van der Waals surface area contributed by atoms with Gasteiger partial charge in [0.05, 0.1) is 5.41 Å². The van der Waals surface area contributed by atoms with E-state index in [1.807, 2.05) is 0 Å². The highest BCUT2D eigenvalue weighted by Crippen LogP contribution is 2.63. The number of rotatable bonds is 0. The van der Waals surface area contributed by atoms with Crippen molar-refractivity contribution in [2.45, 2.75) is 18.8 Å². The van der Waals surface area contributed by atoms with Gasteiger partial charge >= 0.3 is 0 Å². The van der Waals surface area contributed by atoms with Gasteiger partial charge in [0, 0.05) is 0 Å². The van der Waals surface area contributed by atoms with Crippen LogP contribution in [-0.2, 0) is 5.41 Å². The van der Waals surface area contributed by atoms with Crippen LogP contribution >= 0.6 is 0 Å². The molecule has 118 valence electrons. The molecule has 1 atom stereocenters. The highest BCUT2D eigenvalue weighted by molar-refractivity contribution is 5.97. The number of benzene rings is 3. The van der Waals surface area contributed by atoms with Gasteiger partial charge < -0.3 is 0 Å². The summed E-state index contributed by atoms with van der Waals surface area (Å²) in [6.07, 6.45) is 5.76. The Bertz CT molecular complexity index is 1130. The zero-order chi connectivity index (χ0) is 16.6. The molecule has 25 heavy (non-hydrogen) atoms. The molecular formula is C25H18. The molecule has 6 rings (SSSR count). The van der Waals surface area contributed by atoms with E-state index in [4.69, 9.17) is 0 Å². The van der Waals surface area contributed by atoms with E-state index in [0.717, 1.165) is 6.42 Å². The van der Waals surface area contributed by atoms with E-state index in [0.29, 0.717) is 0 Å². The van der Waals surface area contributed by atoms with Crippen molar-refractivity contribution in [1.29, 1.82) is 0 Å². The summed E-state index contributed by atoms with van der Waals surface area (Å²) in [5, 5.41) is 0. The molecule has 0 aliphatic heterocycles. The Hall–Kier alpha value is -2.86. The number of aryl methyl sites for hydroxylation is 1. The Morgan fingerprint density at radius 3 is 2.24 bits per heavy atom. The van der Waals surface area contributed by atoms with Gasteiger partial charge in [-0.25, -0.2) is 0 Å². The van der Waals surface area contributed by atoms with E-state index in [-0.39, 0.29) is 5.41 Å². The van der Waals surface area contributed by atoms with Crippen molar-refractivity contribution in [3.05, 3.63) is 112 Å². The average molecular weight is 318 g/mol. The zero-order valence-corrected chi connectivity index (χ0v) is 14.2. The Kier molecular flexibility index (Phi) is 2.36. The summed E-state index contributed by atoms with van der Waals surface area (Å²) in [6, 6.07) is 24.9. The molecule has 0 aromatic heterocycles. The molecule has 0 bridgehead atoms. The highest BCUT2D eigenvalue weighted by Gasteiger charge is 2.52. The van der Waals surface area contributed by atoms with Crippen molar-refractivity contribution < 1.29 is 0 Å². The van der Waals surface area contributed by atoms with Crippen molar-refractivity contribution in [3.8, 4) is 11.1 Å². The van der Waals surface area contributed by atoms with Crippen LogP contribution in [0, 0.1) is 6.92 Å². The Balaban J connectivity index is 1.87. The second-order valence-corrected chi connectivity index (χ2v) is 7.34. The first kappa shape index (κ1) is 13.4. The van der Waals surface area contributed by atoms with Crippen LogP contribution in [-0.4, -0.2) is 0 Å². The number of allylic oxidation sites excluding steroid dienone is 4. The Morgan fingerprint density at radius 1 is 0.720 bits per heavy atom. The minimum atomic E-state index is -0.128. The second-order valence-electron chi connectivity index (χ2n) is 7.34. The average Bonchev–Trinajstić information content (AvgIpc) is 3.30. The third-order valence-corrected chi connectivity index (χ3v) is 6.27. The van der Waals surface area contributed by atoms with Gasteiger partial charge in [-0.15, -0.1) is 0 Å². The van der Waals surface area contributed by atoms with Gasteiger partial charge in [0.1, 0.15) is 0 Å². The molecule has 3 aromatic rings. The predicted molar refractivity (Wildman–Crippen MR) is 104 cm³/mol. The lowest BCUT2D eigenvalue weighted by molar-refractivity contribution is 0.787. The fourth-order valence-corrected chi connectivity index (χ4v) is 5.42. The van der Waals surface area contributed by atoms with Gasteiger partial charge in [-0.3, -0.25) is 0 Å². The van der Waals surface area contributed by atoms with Crippen LogP contribution in [0.2, 0.25) is 0 Å². The molecule has 0 heterocycles. The maximum atomic E-state index is 2.38. The molecule has 0 nitrogen and oxygen atoms in total. The van der Waals surface area contributed by atoms with Crippen LogP contribution in [0.15, 0.2) is 84.5 Å². The van der Waals surface area contributed by atoms with Crippen molar-refractivity contribution >= 4 is 5.57 Å². The topological polar surface area (TPSA) is 0 Å². The van der Waals surface area contributed by atoms with Gasteiger partial charge in [0.25, 0.3) is 0 Å². The summed E-state index contributed by atoms with van der Waals surface area (Å²) in [5.74, 6) is 0. The van der Waals surface area contributed by atoms with E-state index >= 15 is 0 Å². The third kappa shape index (κ3) is 1.37.